The summed E-state index contributed by atoms with van der Waals surface area (Å²) in [5, 5.41) is 6.29. The minimum atomic E-state index is -0.0232. The van der Waals surface area contributed by atoms with Crippen molar-refractivity contribution in [2.24, 2.45) is 0 Å². The van der Waals surface area contributed by atoms with Crippen LogP contribution in [0.25, 0.3) is 0 Å². The van der Waals surface area contributed by atoms with E-state index < -0.39 is 0 Å². The molecular formula is C12H17N3O. The van der Waals surface area contributed by atoms with Crippen molar-refractivity contribution in [3.8, 4) is 0 Å². The van der Waals surface area contributed by atoms with Gasteiger partial charge >= 0.3 is 0 Å². The highest BCUT2D eigenvalue weighted by Crippen LogP contribution is 2.05. The smallest absolute Gasteiger partial charge is 0.253 e. The van der Waals surface area contributed by atoms with E-state index >= 15 is 0 Å². The van der Waals surface area contributed by atoms with Crippen LogP contribution in [-0.2, 0) is 0 Å². The van der Waals surface area contributed by atoms with E-state index in [2.05, 4.69) is 15.6 Å². The molecule has 1 atom stereocenters. The Kier molecular flexibility index (Phi) is 3.51. The van der Waals surface area contributed by atoms with Gasteiger partial charge in [-0.1, -0.05) is 0 Å². The molecule has 1 fully saturated rings. The highest BCUT2D eigenvalue weighted by Gasteiger charge is 2.16. The van der Waals surface area contributed by atoms with Gasteiger partial charge in [-0.05, 0) is 37.9 Å². The van der Waals surface area contributed by atoms with E-state index in [1.807, 2.05) is 13.0 Å². The van der Waals surface area contributed by atoms with E-state index in [0.29, 0.717) is 5.56 Å². The van der Waals surface area contributed by atoms with Gasteiger partial charge in [-0.15, -0.1) is 0 Å². The maximum Gasteiger partial charge on any atom is 0.253 e. The molecule has 0 aromatic carbocycles. The number of amides is 1. The standard InChI is InChI=1S/C12H17N3O/c1-9-5-10(7-14-6-9)12(16)15-11-3-2-4-13-8-11/h5-7,11,13H,2-4,8H2,1H3,(H,15,16)/t11-/m1/s1. The molecule has 0 radical (unpaired) electrons. The summed E-state index contributed by atoms with van der Waals surface area (Å²) in [6.07, 6.45) is 5.53. The first-order valence-corrected chi connectivity index (χ1v) is 5.69. The summed E-state index contributed by atoms with van der Waals surface area (Å²) in [5.74, 6) is -0.0232. The van der Waals surface area contributed by atoms with Crippen molar-refractivity contribution in [1.29, 1.82) is 0 Å². The van der Waals surface area contributed by atoms with Crippen LogP contribution in [0.2, 0.25) is 0 Å². The molecule has 2 heterocycles. The van der Waals surface area contributed by atoms with Gasteiger partial charge in [-0.3, -0.25) is 9.78 Å². The van der Waals surface area contributed by atoms with Crippen LogP contribution in [0.1, 0.15) is 28.8 Å². The SMILES string of the molecule is Cc1cncc(C(=O)N[C@@H]2CCCNC2)c1. The topological polar surface area (TPSA) is 54.0 Å². The molecule has 2 N–H and O–H groups in total. The van der Waals surface area contributed by atoms with Crippen LogP contribution in [0.4, 0.5) is 0 Å². The van der Waals surface area contributed by atoms with Crippen molar-refractivity contribution in [1.82, 2.24) is 15.6 Å². The molecule has 86 valence electrons. The number of carbonyl (C=O) groups excluding carboxylic acids is 1. The summed E-state index contributed by atoms with van der Waals surface area (Å²) in [6.45, 7) is 3.86. The second-order valence-corrected chi connectivity index (χ2v) is 4.27. The molecule has 0 aliphatic carbocycles. The second-order valence-electron chi connectivity index (χ2n) is 4.27. The molecule has 4 nitrogen and oxygen atoms in total. The van der Waals surface area contributed by atoms with Crippen LogP contribution in [0.15, 0.2) is 18.5 Å². The fourth-order valence-electron chi connectivity index (χ4n) is 1.92. The third-order valence-electron chi connectivity index (χ3n) is 2.77. The van der Waals surface area contributed by atoms with Crippen LogP contribution < -0.4 is 10.6 Å². The largest absolute Gasteiger partial charge is 0.348 e. The van der Waals surface area contributed by atoms with Gasteiger partial charge < -0.3 is 10.6 Å². The number of hydrogen-bond donors (Lipinski definition) is 2. The fraction of sp³-hybridized carbons (Fsp3) is 0.500. The lowest BCUT2D eigenvalue weighted by atomic mass is 10.1. The quantitative estimate of drug-likeness (QED) is 0.776. The number of pyridine rings is 1. The zero-order valence-corrected chi connectivity index (χ0v) is 9.49. The van der Waals surface area contributed by atoms with Gasteiger partial charge in [-0.25, -0.2) is 0 Å². The minimum absolute atomic E-state index is 0.0232. The first kappa shape index (κ1) is 11.1. The first-order chi connectivity index (χ1) is 7.75. The highest BCUT2D eigenvalue weighted by molar-refractivity contribution is 5.94. The third-order valence-corrected chi connectivity index (χ3v) is 2.77. The zero-order chi connectivity index (χ0) is 11.4. The van der Waals surface area contributed by atoms with E-state index in [0.717, 1.165) is 31.5 Å². The fourth-order valence-corrected chi connectivity index (χ4v) is 1.92. The molecule has 4 heteroatoms. The monoisotopic (exact) mass is 219 g/mol. The first-order valence-electron chi connectivity index (χ1n) is 5.69. The van der Waals surface area contributed by atoms with E-state index in [-0.39, 0.29) is 11.9 Å². The van der Waals surface area contributed by atoms with Crippen LogP contribution in [0.5, 0.6) is 0 Å². The van der Waals surface area contributed by atoms with Gasteiger partial charge in [0.1, 0.15) is 0 Å². The predicted molar refractivity (Wildman–Crippen MR) is 62.3 cm³/mol. The molecule has 1 aromatic rings. The minimum Gasteiger partial charge on any atom is -0.348 e. The Morgan fingerprint density at radius 2 is 2.44 bits per heavy atom. The molecular weight excluding hydrogens is 202 g/mol. The highest BCUT2D eigenvalue weighted by atomic mass is 16.1. The zero-order valence-electron chi connectivity index (χ0n) is 9.49. The summed E-state index contributed by atoms with van der Waals surface area (Å²) in [5.41, 5.74) is 1.65. The van der Waals surface area contributed by atoms with Gasteiger partial charge in [0.2, 0.25) is 0 Å². The van der Waals surface area contributed by atoms with Crippen molar-refractivity contribution in [2.75, 3.05) is 13.1 Å². The lowest BCUT2D eigenvalue weighted by molar-refractivity contribution is 0.0930. The molecule has 0 saturated carbocycles. The maximum absolute atomic E-state index is 11.9. The average molecular weight is 219 g/mol. The van der Waals surface area contributed by atoms with Crippen LogP contribution in [0.3, 0.4) is 0 Å². The summed E-state index contributed by atoms with van der Waals surface area (Å²) in [6, 6.07) is 2.11. The van der Waals surface area contributed by atoms with Crippen molar-refractivity contribution in [3.05, 3.63) is 29.6 Å². The number of nitrogens with one attached hydrogen (secondary N) is 2. The third kappa shape index (κ3) is 2.79. The summed E-state index contributed by atoms with van der Waals surface area (Å²) in [7, 11) is 0. The van der Waals surface area contributed by atoms with Gasteiger partial charge in [-0.2, -0.15) is 0 Å². The number of hydrogen-bond acceptors (Lipinski definition) is 3. The number of rotatable bonds is 2. The van der Waals surface area contributed by atoms with Crippen molar-refractivity contribution in [2.45, 2.75) is 25.8 Å². The van der Waals surface area contributed by atoms with E-state index in [4.69, 9.17) is 0 Å². The lowest BCUT2D eigenvalue weighted by Gasteiger charge is -2.23. The molecule has 1 aliphatic rings. The van der Waals surface area contributed by atoms with E-state index in [9.17, 15) is 4.79 Å². The second kappa shape index (κ2) is 5.07. The molecule has 2 rings (SSSR count). The summed E-state index contributed by atoms with van der Waals surface area (Å²) >= 11 is 0. The molecule has 1 aliphatic heterocycles. The van der Waals surface area contributed by atoms with Gasteiger partial charge in [0.25, 0.3) is 5.91 Å². The molecule has 1 aromatic heterocycles. The molecule has 16 heavy (non-hydrogen) atoms. The van der Waals surface area contributed by atoms with E-state index in [1.165, 1.54) is 0 Å². The van der Waals surface area contributed by atoms with Crippen LogP contribution >= 0.6 is 0 Å². The van der Waals surface area contributed by atoms with Crippen LogP contribution in [-0.4, -0.2) is 30.0 Å². The Morgan fingerprint density at radius 3 is 3.12 bits per heavy atom. The Labute approximate surface area is 95.5 Å². The normalized spacial score (nSPS) is 20.4. The van der Waals surface area contributed by atoms with Crippen molar-refractivity contribution >= 4 is 5.91 Å². The molecule has 1 saturated heterocycles. The van der Waals surface area contributed by atoms with Gasteiger partial charge in [0, 0.05) is 25.0 Å². The molecule has 0 bridgehead atoms. The average Bonchev–Trinajstić information content (AvgIpc) is 2.30. The number of carbonyl (C=O) groups is 1. The molecule has 1 amide bonds. The predicted octanol–water partition coefficient (Wildman–Crippen LogP) is 0.872. The number of aryl methyl sites for hydroxylation is 1. The Hall–Kier alpha value is -1.42. The van der Waals surface area contributed by atoms with Crippen molar-refractivity contribution < 1.29 is 4.79 Å². The maximum atomic E-state index is 11.9. The Morgan fingerprint density at radius 1 is 1.56 bits per heavy atom. The number of aromatic nitrogens is 1. The Bertz CT molecular complexity index is 372. The van der Waals surface area contributed by atoms with E-state index in [1.54, 1.807) is 12.4 Å². The number of nitrogens with zero attached hydrogens (tertiary/aromatic N) is 1. The lowest BCUT2D eigenvalue weighted by Crippen LogP contribution is -2.45. The molecule has 0 unspecified atom stereocenters. The molecule has 0 spiro atoms. The summed E-state index contributed by atoms with van der Waals surface area (Å²) < 4.78 is 0. The summed E-state index contributed by atoms with van der Waals surface area (Å²) in [4.78, 5) is 15.9. The number of piperidine rings is 1. The van der Waals surface area contributed by atoms with Gasteiger partial charge in [0.15, 0.2) is 0 Å². The van der Waals surface area contributed by atoms with Gasteiger partial charge in [0.05, 0.1) is 5.56 Å². The van der Waals surface area contributed by atoms with Crippen molar-refractivity contribution in [3.63, 3.8) is 0 Å². The van der Waals surface area contributed by atoms with Crippen LogP contribution in [0, 0.1) is 6.92 Å². The Balaban J connectivity index is 1.97.